The minimum Gasteiger partial charge on any atom is -0.493 e. The number of aryl methyl sites for hydroxylation is 1. The first kappa shape index (κ1) is 16.3. The van der Waals surface area contributed by atoms with Crippen molar-refractivity contribution in [3.8, 4) is 11.5 Å². The molecule has 0 saturated heterocycles. The van der Waals surface area contributed by atoms with Crippen LogP contribution in [0.2, 0.25) is 0 Å². The van der Waals surface area contributed by atoms with Crippen LogP contribution in [0.4, 0.5) is 0 Å². The fourth-order valence-electron chi connectivity index (χ4n) is 1.98. The van der Waals surface area contributed by atoms with E-state index in [1.807, 2.05) is 25.4 Å². The Morgan fingerprint density at radius 1 is 1.33 bits per heavy atom. The number of rotatable bonds is 7. The smallest absolute Gasteiger partial charge is 0.175 e. The Bertz CT molecular complexity index is 601. The van der Waals surface area contributed by atoms with Crippen molar-refractivity contribution in [2.75, 3.05) is 13.7 Å². The number of benzene rings is 1. The van der Waals surface area contributed by atoms with Gasteiger partial charge in [-0.2, -0.15) is 0 Å². The molecule has 0 unspecified atom stereocenters. The lowest BCUT2D eigenvalue weighted by Crippen LogP contribution is -2.12. The maximum Gasteiger partial charge on any atom is 0.175 e. The van der Waals surface area contributed by atoms with E-state index in [4.69, 9.17) is 9.47 Å². The number of ether oxygens (including phenoxy) is 2. The second-order valence-electron chi connectivity index (χ2n) is 4.51. The summed E-state index contributed by atoms with van der Waals surface area (Å²) in [5.41, 5.74) is 4.12. The highest BCUT2D eigenvalue weighted by atomic mass is 79.9. The predicted molar refractivity (Wildman–Crippen MR) is 89.3 cm³/mol. The van der Waals surface area contributed by atoms with Crippen molar-refractivity contribution in [1.29, 1.82) is 0 Å². The summed E-state index contributed by atoms with van der Waals surface area (Å²) in [5, 5.41) is 3.43. The number of hydrogen-bond donors (Lipinski definition) is 1. The van der Waals surface area contributed by atoms with Crippen LogP contribution < -0.4 is 14.8 Å². The van der Waals surface area contributed by atoms with Crippen LogP contribution in [0.3, 0.4) is 0 Å². The van der Waals surface area contributed by atoms with Gasteiger partial charge < -0.3 is 14.8 Å². The number of hydrogen-bond acceptors (Lipinski definition) is 5. The SMILES string of the molecule is CCOc1c(Br)cc(CNCc2scnc2C)cc1OC. The number of aromatic nitrogens is 1. The van der Waals surface area contributed by atoms with Gasteiger partial charge >= 0.3 is 0 Å². The Morgan fingerprint density at radius 3 is 2.76 bits per heavy atom. The Hall–Kier alpha value is -1.11. The number of halogens is 1. The van der Waals surface area contributed by atoms with E-state index in [1.54, 1.807) is 18.4 Å². The summed E-state index contributed by atoms with van der Waals surface area (Å²) in [7, 11) is 1.65. The van der Waals surface area contributed by atoms with Gasteiger partial charge in [0.1, 0.15) is 0 Å². The molecule has 0 saturated carbocycles. The number of methoxy groups -OCH3 is 1. The van der Waals surface area contributed by atoms with Crippen molar-refractivity contribution in [3.63, 3.8) is 0 Å². The van der Waals surface area contributed by atoms with E-state index >= 15 is 0 Å². The van der Waals surface area contributed by atoms with Crippen molar-refractivity contribution in [1.82, 2.24) is 10.3 Å². The molecule has 21 heavy (non-hydrogen) atoms. The van der Waals surface area contributed by atoms with Crippen LogP contribution in [0, 0.1) is 6.92 Å². The highest BCUT2D eigenvalue weighted by Gasteiger charge is 2.11. The van der Waals surface area contributed by atoms with E-state index in [9.17, 15) is 0 Å². The fraction of sp³-hybridized carbons (Fsp3) is 0.400. The van der Waals surface area contributed by atoms with Gasteiger partial charge in [0.15, 0.2) is 11.5 Å². The Kier molecular flexibility index (Phi) is 6.02. The van der Waals surface area contributed by atoms with Crippen LogP contribution in [0.1, 0.15) is 23.1 Å². The van der Waals surface area contributed by atoms with Gasteiger partial charge in [-0.25, -0.2) is 4.98 Å². The van der Waals surface area contributed by atoms with Gasteiger partial charge in [0.25, 0.3) is 0 Å². The molecule has 1 aromatic carbocycles. The molecule has 0 aliphatic rings. The third kappa shape index (κ3) is 4.18. The normalized spacial score (nSPS) is 10.7. The molecule has 0 bridgehead atoms. The quantitative estimate of drug-likeness (QED) is 0.802. The molecule has 1 N–H and O–H groups in total. The molecule has 0 aliphatic heterocycles. The minimum absolute atomic E-state index is 0.608. The van der Waals surface area contributed by atoms with E-state index in [0.717, 1.165) is 40.3 Å². The number of nitrogens with zero attached hydrogens (tertiary/aromatic N) is 1. The predicted octanol–water partition coefficient (Wildman–Crippen LogP) is 3.91. The van der Waals surface area contributed by atoms with Gasteiger partial charge in [0.2, 0.25) is 0 Å². The van der Waals surface area contributed by atoms with Crippen molar-refractivity contribution in [3.05, 3.63) is 38.3 Å². The van der Waals surface area contributed by atoms with Crippen molar-refractivity contribution < 1.29 is 9.47 Å². The van der Waals surface area contributed by atoms with E-state index in [-0.39, 0.29) is 0 Å². The Balaban J connectivity index is 2.03. The molecule has 2 rings (SSSR count). The maximum absolute atomic E-state index is 5.59. The van der Waals surface area contributed by atoms with Crippen molar-refractivity contribution in [2.45, 2.75) is 26.9 Å². The molecule has 1 heterocycles. The molecule has 2 aromatic rings. The average Bonchev–Trinajstić information content (AvgIpc) is 2.87. The van der Waals surface area contributed by atoms with E-state index in [1.165, 1.54) is 4.88 Å². The lowest BCUT2D eigenvalue weighted by Gasteiger charge is -2.13. The van der Waals surface area contributed by atoms with Crippen molar-refractivity contribution in [2.24, 2.45) is 0 Å². The zero-order valence-corrected chi connectivity index (χ0v) is 14.8. The summed E-state index contributed by atoms with van der Waals surface area (Å²) in [4.78, 5) is 5.52. The molecule has 0 atom stereocenters. The molecular formula is C15H19BrN2O2S. The number of nitrogens with one attached hydrogen (secondary N) is 1. The van der Waals surface area contributed by atoms with Crippen LogP contribution in [0.15, 0.2) is 22.1 Å². The van der Waals surface area contributed by atoms with Crippen LogP contribution in [-0.4, -0.2) is 18.7 Å². The number of thiazole rings is 1. The average molecular weight is 371 g/mol. The largest absolute Gasteiger partial charge is 0.493 e. The maximum atomic E-state index is 5.59. The topological polar surface area (TPSA) is 43.4 Å². The van der Waals surface area contributed by atoms with Crippen LogP contribution in [-0.2, 0) is 13.1 Å². The third-order valence-electron chi connectivity index (χ3n) is 3.04. The van der Waals surface area contributed by atoms with E-state index in [0.29, 0.717) is 6.61 Å². The molecule has 0 spiro atoms. The summed E-state index contributed by atoms with van der Waals surface area (Å²) in [6.07, 6.45) is 0. The second-order valence-corrected chi connectivity index (χ2v) is 6.30. The molecule has 0 amide bonds. The molecule has 0 radical (unpaired) electrons. The Morgan fingerprint density at radius 2 is 2.14 bits per heavy atom. The van der Waals surface area contributed by atoms with Gasteiger partial charge in [0, 0.05) is 18.0 Å². The van der Waals surface area contributed by atoms with Crippen molar-refractivity contribution >= 4 is 27.3 Å². The minimum atomic E-state index is 0.608. The molecule has 114 valence electrons. The molecule has 4 nitrogen and oxygen atoms in total. The lowest BCUT2D eigenvalue weighted by atomic mass is 10.2. The first-order chi connectivity index (χ1) is 10.2. The highest BCUT2D eigenvalue weighted by molar-refractivity contribution is 9.10. The summed E-state index contributed by atoms with van der Waals surface area (Å²) in [6, 6.07) is 4.06. The van der Waals surface area contributed by atoms with E-state index < -0.39 is 0 Å². The van der Waals surface area contributed by atoms with Crippen LogP contribution in [0.25, 0.3) is 0 Å². The highest BCUT2D eigenvalue weighted by Crippen LogP contribution is 2.36. The van der Waals surface area contributed by atoms with Gasteiger partial charge in [0.05, 0.1) is 29.4 Å². The van der Waals surface area contributed by atoms with Gasteiger partial charge in [-0.15, -0.1) is 11.3 Å². The first-order valence-corrected chi connectivity index (χ1v) is 8.41. The zero-order chi connectivity index (χ0) is 15.2. The molecule has 6 heteroatoms. The monoisotopic (exact) mass is 370 g/mol. The molecule has 0 fully saturated rings. The summed E-state index contributed by atoms with van der Waals surface area (Å²) in [5.74, 6) is 1.50. The Labute approximate surface area is 137 Å². The third-order valence-corrected chi connectivity index (χ3v) is 4.56. The van der Waals surface area contributed by atoms with E-state index in [2.05, 4.69) is 32.3 Å². The first-order valence-electron chi connectivity index (χ1n) is 6.74. The molecular weight excluding hydrogens is 352 g/mol. The van der Waals surface area contributed by atoms with Gasteiger partial charge in [-0.3, -0.25) is 0 Å². The standard InChI is InChI=1S/C15H19BrN2O2S/c1-4-20-15-12(16)5-11(6-13(15)19-3)7-17-8-14-10(2)18-9-21-14/h5-6,9,17H,4,7-8H2,1-3H3. The van der Waals surface area contributed by atoms with Crippen LogP contribution in [0.5, 0.6) is 11.5 Å². The zero-order valence-electron chi connectivity index (χ0n) is 12.4. The lowest BCUT2D eigenvalue weighted by molar-refractivity contribution is 0.308. The second kappa shape index (κ2) is 7.77. The van der Waals surface area contributed by atoms with Crippen LogP contribution >= 0.6 is 27.3 Å². The molecule has 1 aromatic heterocycles. The summed E-state index contributed by atoms with van der Waals surface area (Å²) < 4.78 is 11.9. The van der Waals surface area contributed by atoms with Gasteiger partial charge in [-0.05, 0) is 47.5 Å². The fourth-order valence-corrected chi connectivity index (χ4v) is 3.33. The molecule has 0 aliphatic carbocycles. The summed E-state index contributed by atoms with van der Waals surface area (Å²) >= 11 is 5.22. The summed E-state index contributed by atoms with van der Waals surface area (Å²) in [6.45, 7) is 6.18. The van der Waals surface area contributed by atoms with Gasteiger partial charge in [-0.1, -0.05) is 0 Å².